The van der Waals surface area contributed by atoms with Crippen LogP contribution in [-0.4, -0.2) is 31.9 Å². The Labute approximate surface area is 107 Å². The normalized spacial score (nSPS) is 12.6. The largest absolute Gasteiger partial charge is 0.396 e. The number of amides is 1. The lowest BCUT2D eigenvalue weighted by Crippen LogP contribution is -2.58. The van der Waals surface area contributed by atoms with Crippen LogP contribution in [-0.2, 0) is 6.54 Å². The van der Waals surface area contributed by atoms with Crippen molar-refractivity contribution < 1.29 is 9.90 Å². The van der Waals surface area contributed by atoms with Crippen molar-refractivity contribution in [3.63, 3.8) is 0 Å². The minimum atomic E-state index is -1.05. The van der Waals surface area contributed by atoms with Crippen molar-refractivity contribution in [2.75, 3.05) is 5.73 Å². The molecule has 0 spiro atoms. The number of rotatable bonds is 4. The maximum absolute atomic E-state index is 12.2. The molecule has 0 aliphatic carbocycles. The van der Waals surface area contributed by atoms with E-state index in [1.807, 2.05) is 6.92 Å². The number of aliphatic hydroxyl groups is 1. The zero-order valence-corrected chi connectivity index (χ0v) is 11.6. The molecule has 18 heavy (non-hydrogen) atoms. The van der Waals surface area contributed by atoms with Gasteiger partial charge in [-0.3, -0.25) is 9.48 Å². The van der Waals surface area contributed by atoms with Crippen molar-refractivity contribution in [1.29, 1.82) is 0 Å². The predicted octanol–water partition coefficient (Wildman–Crippen LogP) is 0.764. The second-order valence-electron chi connectivity index (χ2n) is 5.40. The van der Waals surface area contributed by atoms with Gasteiger partial charge in [0, 0.05) is 6.54 Å². The molecule has 1 aromatic heterocycles. The Morgan fingerprint density at radius 2 is 2.06 bits per heavy atom. The molecule has 0 aliphatic heterocycles. The van der Waals surface area contributed by atoms with Gasteiger partial charge in [0.15, 0.2) is 0 Å². The molecular weight excluding hydrogens is 232 g/mol. The van der Waals surface area contributed by atoms with Gasteiger partial charge in [0.05, 0.1) is 23.0 Å². The van der Waals surface area contributed by atoms with Gasteiger partial charge in [0.25, 0.3) is 5.91 Å². The molecule has 6 nitrogen and oxygen atoms in total. The van der Waals surface area contributed by atoms with Crippen LogP contribution in [0.3, 0.4) is 0 Å². The molecule has 6 heteroatoms. The van der Waals surface area contributed by atoms with Gasteiger partial charge >= 0.3 is 0 Å². The van der Waals surface area contributed by atoms with Crippen LogP contribution in [0.1, 0.15) is 45.1 Å². The minimum Gasteiger partial charge on any atom is -0.396 e. The maximum atomic E-state index is 12.2. The van der Waals surface area contributed by atoms with E-state index in [1.165, 1.54) is 10.9 Å². The summed E-state index contributed by atoms with van der Waals surface area (Å²) in [5.74, 6) is -0.334. The van der Waals surface area contributed by atoms with Gasteiger partial charge in [0.1, 0.15) is 5.69 Å². The molecule has 0 bridgehead atoms. The summed E-state index contributed by atoms with van der Waals surface area (Å²) < 4.78 is 1.53. The van der Waals surface area contributed by atoms with Crippen LogP contribution in [0.15, 0.2) is 6.20 Å². The molecule has 4 N–H and O–H groups in total. The summed E-state index contributed by atoms with van der Waals surface area (Å²) in [4.78, 5) is 12.2. The van der Waals surface area contributed by atoms with Crippen LogP contribution in [0, 0.1) is 0 Å². The Hall–Kier alpha value is -1.56. The van der Waals surface area contributed by atoms with E-state index in [4.69, 9.17) is 5.73 Å². The highest BCUT2D eigenvalue weighted by Gasteiger charge is 2.37. The second kappa shape index (κ2) is 4.61. The number of aryl methyl sites for hydroxylation is 1. The Balaban J connectivity index is 2.99. The highest BCUT2D eigenvalue weighted by atomic mass is 16.3. The van der Waals surface area contributed by atoms with Crippen molar-refractivity contribution in [3.8, 4) is 0 Å². The Morgan fingerprint density at radius 1 is 1.50 bits per heavy atom. The van der Waals surface area contributed by atoms with Gasteiger partial charge in [-0.1, -0.05) is 0 Å². The van der Waals surface area contributed by atoms with Crippen molar-refractivity contribution in [2.24, 2.45) is 0 Å². The maximum Gasteiger partial charge on any atom is 0.272 e. The van der Waals surface area contributed by atoms with E-state index in [-0.39, 0.29) is 5.91 Å². The number of carbonyl (C=O) groups is 1. The van der Waals surface area contributed by atoms with Gasteiger partial charge in [-0.15, -0.1) is 0 Å². The van der Waals surface area contributed by atoms with E-state index in [1.54, 1.807) is 27.7 Å². The van der Waals surface area contributed by atoms with E-state index in [0.29, 0.717) is 17.9 Å². The Morgan fingerprint density at radius 3 is 2.50 bits per heavy atom. The first kappa shape index (κ1) is 14.5. The van der Waals surface area contributed by atoms with E-state index in [0.717, 1.165) is 0 Å². The number of aromatic nitrogens is 2. The third-order valence-corrected chi connectivity index (χ3v) is 3.34. The molecule has 0 unspecified atom stereocenters. The number of hydrogen-bond acceptors (Lipinski definition) is 4. The van der Waals surface area contributed by atoms with Crippen molar-refractivity contribution in [1.82, 2.24) is 15.1 Å². The van der Waals surface area contributed by atoms with Crippen LogP contribution in [0.2, 0.25) is 0 Å². The molecule has 102 valence electrons. The lowest BCUT2D eigenvalue weighted by molar-refractivity contribution is -0.00310. The fraction of sp³-hybridized carbons (Fsp3) is 0.667. The van der Waals surface area contributed by atoms with Crippen molar-refractivity contribution >= 4 is 11.6 Å². The SMILES string of the molecule is CCn1ncc(N)c1C(=O)NC(C)(C)C(C)(C)O. The van der Waals surface area contributed by atoms with E-state index < -0.39 is 11.1 Å². The summed E-state index contributed by atoms with van der Waals surface area (Å²) >= 11 is 0. The molecule has 0 fully saturated rings. The molecule has 1 heterocycles. The van der Waals surface area contributed by atoms with E-state index >= 15 is 0 Å². The fourth-order valence-corrected chi connectivity index (χ4v) is 1.38. The molecule has 1 rings (SSSR count). The van der Waals surface area contributed by atoms with Gasteiger partial charge in [0.2, 0.25) is 0 Å². The number of nitrogens with two attached hydrogens (primary N) is 1. The van der Waals surface area contributed by atoms with Crippen LogP contribution >= 0.6 is 0 Å². The van der Waals surface area contributed by atoms with Crippen LogP contribution in [0.25, 0.3) is 0 Å². The summed E-state index contributed by atoms with van der Waals surface area (Å²) in [6, 6.07) is 0. The van der Waals surface area contributed by atoms with E-state index in [2.05, 4.69) is 10.4 Å². The van der Waals surface area contributed by atoms with Crippen molar-refractivity contribution in [2.45, 2.75) is 52.3 Å². The zero-order valence-electron chi connectivity index (χ0n) is 11.6. The fourth-order valence-electron chi connectivity index (χ4n) is 1.38. The third-order valence-electron chi connectivity index (χ3n) is 3.34. The van der Waals surface area contributed by atoms with Gasteiger partial charge in [-0.2, -0.15) is 5.10 Å². The second-order valence-corrected chi connectivity index (χ2v) is 5.40. The molecule has 0 saturated heterocycles. The molecule has 1 aromatic rings. The summed E-state index contributed by atoms with van der Waals surface area (Å²) in [6.07, 6.45) is 1.45. The molecule has 0 radical (unpaired) electrons. The summed E-state index contributed by atoms with van der Waals surface area (Å²) in [6.45, 7) is 9.25. The average molecular weight is 254 g/mol. The van der Waals surface area contributed by atoms with Gasteiger partial charge in [-0.05, 0) is 34.6 Å². The molecular formula is C12H22N4O2. The van der Waals surface area contributed by atoms with Crippen LogP contribution in [0.5, 0.6) is 0 Å². The standard InChI is InChI=1S/C12H22N4O2/c1-6-16-9(8(13)7-14-16)10(17)15-11(2,3)12(4,5)18/h7,18H,6,13H2,1-5H3,(H,15,17). The molecule has 0 aliphatic rings. The number of hydrogen-bond donors (Lipinski definition) is 3. The van der Waals surface area contributed by atoms with Crippen molar-refractivity contribution in [3.05, 3.63) is 11.9 Å². The number of carbonyl (C=O) groups excluding carboxylic acids is 1. The third kappa shape index (κ3) is 2.64. The number of nitrogens with one attached hydrogen (secondary N) is 1. The summed E-state index contributed by atoms with van der Waals surface area (Å²) in [7, 11) is 0. The topological polar surface area (TPSA) is 93.2 Å². The number of anilines is 1. The molecule has 0 atom stereocenters. The van der Waals surface area contributed by atoms with Gasteiger partial charge in [-0.25, -0.2) is 0 Å². The van der Waals surface area contributed by atoms with Crippen LogP contribution < -0.4 is 11.1 Å². The number of nitrogen functional groups attached to an aromatic ring is 1. The molecule has 0 aromatic carbocycles. The number of nitrogens with zero attached hydrogens (tertiary/aromatic N) is 2. The average Bonchev–Trinajstić information content (AvgIpc) is 2.56. The van der Waals surface area contributed by atoms with Crippen LogP contribution in [0.4, 0.5) is 5.69 Å². The first-order valence-electron chi connectivity index (χ1n) is 5.96. The lowest BCUT2D eigenvalue weighted by atomic mass is 9.86. The minimum absolute atomic E-state index is 0.329. The summed E-state index contributed by atoms with van der Waals surface area (Å²) in [5.41, 5.74) is 4.58. The highest BCUT2D eigenvalue weighted by Crippen LogP contribution is 2.22. The quantitative estimate of drug-likeness (QED) is 0.739. The monoisotopic (exact) mass is 254 g/mol. The first-order chi connectivity index (χ1) is 8.10. The Bertz CT molecular complexity index is 443. The Kier molecular flexibility index (Phi) is 3.71. The first-order valence-corrected chi connectivity index (χ1v) is 5.96. The predicted molar refractivity (Wildman–Crippen MR) is 70.2 cm³/mol. The smallest absolute Gasteiger partial charge is 0.272 e. The van der Waals surface area contributed by atoms with E-state index in [9.17, 15) is 9.90 Å². The molecule has 0 saturated carbocycles. The zero-order chi connectivity index (χ0) is 14.1. The highest BCUT2D eigenvalue weighted by molar-refractivity contribution is 5.97. The summed E-state index contributed by atoms with van der Waals surface area (Å²) in [5, 5.41) is 16.8. The van der Waals surface area contributed by atoms with Gasteiger partial charge < -0.3 is 16.2 Å². The lowest BCUT2D eigenvalue weighted by Gasteiger charge is -2.37. The molecule has 1 amide bonds.